The van der Waals surface area contributed by atoms with Gasteiger partial charge in [0.2, 0.25) is 0 Å². The van der Waals surface area contributed by atoms with Gasteiger partial charge in [0.15, 0.2) is 0 Å². The molecule has 0 spiro atoms. The van der Waals surface area contributed by atoms with Crippen molar-refractivity contribution in [3.05, 3.63) is 24.3 Å². The summed E-state index contributed by atoms with van der Waals surface area (Å²) < 4.78 is 5.71. The molecule has 1 fully saturated rings. The summed E-state index contributed by atoms with van der Waals surface area (Å²) in [6.45, 7) is 7.64. The number of nitrogen functional groups attached to an aromatic ring is 1. The van der Waals surface area contributed by atoms with Crippen molar-refractivity contribution < 1.29 is 4.74 Å². The van der Waals surface area contributed by atoms with Crippen molar-refractivity contribution in [2.45, 2.75) is 19.4 Å². The van der Waals surface area contributed by atoms with Crippen molar-refractivity contribution in [3.63, 3.8) is 0 Å². The molecule has 106 valence electrons. The largest absolute Gasteiger partial charge is 0.493 e. The molecule has 2 rings (SSSR count). The van der Waals surface area contributed by atoms with Crippen LogP contribution in [0.1, 0.15) is 13.3 Å². The third kappa shape index (κ3) is 4.40. The predicted octanol–water partition coefficient (Wildman–Crippen LogP) is 1.67. The number of likely N-dealkylation sites (N-methyl/N-ethyl adjacent to an activating group) is 1. The highest BCUT2D eigenvalue weighted by Crippen LogP contribution is 2.14. The molecule has 0 aliphatic carbocycles. The minimum Gasteiger partial charge on any atom is -0.493 e. The van der Waals surface area contributed by atoms with Gasteiger partial charge >= 0.3 is 0 Å². The highest BCUT2D eigenvalue weighted by Gasteiger charge is 2.19. The van der Waals surface area contributed by atoms with Crippen LogP contribution in [-0.2, 0) is 0 Å². The van der Waals surface area contributed by atoms with Crippen LogP contribution in [0.25, 0.3) is 0 Å². The van der Waals surface area contributed by atoms with E-state index in [0.29, 0.717) is 6.04 Å². The predicted molar refractivity (Wildman–Crippen MR) is 79.5 cm³/mol. The first kappa shape index (κ1) is 14.2. The molecule has 1 atom stereocenters. The molecule has 0 saturated carbocycles. The Hall–Kier alpha value is -1.26. The Morgan fingerprint density at radius 1 is 1.37 bits per heavy atom. The molecule has 1 aromatic carbocycles. The summed E-state index contributed by atoms with van der Waals surface area (Å²) in [6.07, 6.45) is 1.06. The molecule has 1 aromatic rings. The summed E-state index contributed by atoms with van der Waals surface area (Å²) >= 11 is 0. The zero-order valence-electron chi connectivity index (χ0n) is 12.0. The first-order chi connectivity index (χ1) is 9.15. The fraction of sp³-hybridized carbons (Fsp3) is 0.600. The number of anilines is 1. The summed E-state index contributed by atoms with van der Waals surface area (Å²) in [4.78, 5) is 4.94. The minimum absolute atomic E-state index is 0.656. The molecule has 1 aliphatic rings. The normalized spacial score (nSPS) is 21.5. The van der Waals surface area contributed by atoms with E-state index < -0.39 is 0 Å². The van der Waals surface area contributed by atoms with Crippen molar-refractivity contribution in [1.29, 1.82) is 0 Å². The Morgan fingerprint density at radius 3 is 2.95 bits per heavy atom. The monoisotopic (exact) mass is 263 g/mol. The number of rotatable bonds is 5. The molecule has 19 heavy (non-hydrogen) atoms. The van der Waals surface area contributed by atoms with Gasteiger partial charge in [0.25, 0.3) is 0 Å². The Kier molecular flexibility index (Phi) is 5.05. The summed E-state index contributed by atoms with van der Waals surface area (Å²) in [5, 5.41) is 0. The lowest BCUT2D eigenvalue weighted by Gasteiger charge is -2.37. The van der Waals surface area contributed by atoms with Gasteiger partial charge in [0, 0.05) is 44.0 Å². The average molecular weight is 263 g/mol. The van der Waals surface area contributed by atoms with E-state index in [1.807, 2.05) is 24.3 Å². The first-order valence-electron chi connectivity index (χ1n) is 7.06. The molecule has 4 heteroatoms. The number of benzene rings is 1. The third-order valence-electron chi connectivity index (χ3n) is 3.79. The highest BCUT2D eigenvalue weighted by atomic mass is 16.5. The van der Waals surface area contributed by atoms with Crippen molar-refractivity contribution >= 4 is 5.69 Å². The lowest BCUT2D eigenvalue weighted by molar-refractivity contribution is 0.100. The summed E-state index contributed by atoms with van der Waals surface area (Å²) in [5.41, 5.74) is 6.47. The number of hydrogen-bond donors (Lipinski definition) is 1. The number of hydrogen-bond acceptors (Lipinski definition) is 4. The van der Waals surface area contributed by atoms with Gasteiger partial charge in [-0.3, -0.25) is 0 Å². The maximum absolute atomic E-state index is 5.72. The lowest BCUT2D eigenvalue weighted by atomic mass is 10.2. The van der Waals surface area contributed by atoms with Gasteiger partial charge in [-0.2, -0.15) is 0 Å². The van der Waals surface area contributed by atoms with Gasteiger partial charge in [0.1, 0.15) is 5.75 Å². The molecule has 1 saturated heterocycles. The Labute approximate surface area is 116 Å². The molecule has 1 aliphatic heterocycles. The van der Waals surface area contributed by atoms with E-state index in [2.05, 4.69) is 23.8 Å². The van der Waals surface area contributed by atoms with E-state index in [9.17, 15) is 0 Å². The van der Waals surface area contributed by atoms with Crippen LogP contribution in [0.5, 0.6) is 5.75 Å². The first-order valence-corrected chi connectivity index (χ1v) is 7.06. The second kappa shape index (κ2) is 6.78. The fourth-order valence-electron chi connectivity index (χ4n) is 2.41. The Morgan fingerprint density at radius 2 is 2.21 bits per heavy atom. The smallest absolute Gasteiger partial charge is 0.121 e. The molecule has 0 amide bonds. The Balaban J connectivity index is 1.64. The van der Waals surface area contributed by atoms with Gasteiger partial charge in [-0.1, -0.05) is 6.07 Å². The van der Waals surface area contributed by atoms with Crippen molar-refractivity contribution in [1.82, 2.24) is 9.80 Å². The lowest BCUT2D eigenvalue weighted by Crippen LogP contribution is -2.50. The number of nitrogens with zero attached hydrogens (tertiary/aromatic N) is 2. The Bertz CT molecular complexity index is 397. The summed E-state index contributed by atoms with van der Waals surface area (Å²) in [5.74, 6) is 0.867. The van der Waals surface area contributed by atoms with E-state index in [0.717, 1.165) is 44.1 Å². The van der Waals surface area contributed by atoms with Crippen LogP contribution < -0.4 is 10.5 Å². The molecule has 2 N–H and O–H groups in total. The van der Waals surface area contributed by atoms with Gasteiger partial charge in [-0.15, -0.1) is 0 Å². The molecule has 1 heterocycles. The fourth-order valence-corrected chi connectivity index (χ4v) is 2.41. The summed E-state index contributed by atoms with van der Waals surface area (Å²) in [6, 6.07) is 8.28. The number of nitrogens with two attached hydrogens (primary N) is 1. The summed E-state index contributed by atoms with van der Waals surface area (Å²) in [7, 11) is 2.20. The average Bonchev–Trinajstić information content (AvgIpc) is 2.39. The van der Waals surface area contributed by atoms with Gasteiger partial charge in [-0.25, -0.2) is 0 Å². The van der Waals surface area contributed by atoms with Crippen LogP contribution in [0.15, 0.2) is 24.3 Å². The minimum atomic E-state index is 0.656. The van der Waals surface area contributed by atoms with E-state index in [4.69, 9.17) is 10.5 Å². The molecular weight excluding hydrogens is 238 g/mol. The molecule has 1 unspecified atom stereocenters. The maximum atomic E-state index is 5.72. The standard InChI is InChI=1S/C15H25N3O/c1-13-12-18(9-8-17(13)2)7-4-10-19-15-6-3-5-14(16)11-15/h3,5-6,11,13H,4,7-10,12,16H2,1-2H3. The maximum Gasteiger partial charge on any atom is 0.121 e. The number of ether oxygens (including phenoxy) is 1. The second-order valence-electron chi connectivity index (χ2n) is 5.40. The zero-order valence-corrected chi connectivity index (χ0v) is 12.0. The van der Waals surface area contributed by atoms with E-state index >= 15 is 0 Å². The van der Waals surface area contributed by atoms with Crippen molar-refractivity contribution in [3.8, 4) is 5.75 Å². The van der Waals surface area contributed by atoms with E-state index in [-0.39, 0.29) is 0 Å². The van der Waals surface area contributed by atoms with Crippen LogP contribution in [0.2, 0.25) is 0 Å². The molecule has 0 bridgehead atoms. The quantitative estimate of drug-likeness (QED) is 0.648. The third-order valence-corrected chi connectivity index (χ3v) is 3.79. The van der Waals surface area contributed by atoms with Crippen LogP contribution in [0, 0.1) is 0 Å². The van der Waals surface area contributed by atoms with Crippen LogP contribution in [0.3, 0.4) is 0 Å². The molecular formula is C15H25N3O. The van der Waals surface area contributed by atoms with Crippen LogP contribution in [-0.4, -0.2) is 55.7 Å². The second-order valence-corrected chi connectivity index (χ2v) is 5.40. The molecule has 0 aromatic heterocycles. The van der Waals surface area contributed by atoms with Crippen molar-refractivity contribution in [2.24, 2.45) is 0 Å². The topological polar surface area (TPSA) is 41.7 Å². The number of piperazine rings is 1. The molecule has 4 nitrogen and oxygen atoms in total. The molecule has 0 radical (unpaired) electrons. The highest BCUT2D eigenvalue weighted by molar-refractivity contribution is 5.43. The van der Waals surface area contributed by atoms with Gasteiger partial charge in [0.05, 0.1) is 6.61 Å². The van der Waals surface area contributed by atoms with Crippen LogP contribution in [0.4, 0.5) is 5.69 Å². The van der Waals surface area contributed by atoms with Gasteiger partial charge in [-0.05, 0) is 32.5 Å². The van der Waals surface area contributed by atoms with Crippen molar-refractivity contribution in [2.75, 3.05) is 45.6 Å². The van der Waals surface area contributed by atoms with Crippen LogP contribution >= 0.6 is 0 Å². The van der Waals surface area contributed by atoms with Gasteiger partial charge < -0.3 is 20.3 Å². The van der Waals surface area contributed by atoms with E-state index in [1.165, 1.54) is 6.54 Å². The zero-order chi connectivity index (χ0) is 13.7. The van der Waals surface area contributed by atoms with E-state index in [1.54, 1.807) is 0 Å². The SMILES string of the molecule is CC1CN(CCCOc2cccc(N)c2)CCN1C.